The Morgan fingerprint density at radius 2 is 1.46 bits per heavy atom. The zero-order valence-corrected chi connectivity index (χ0v) is 21.3. The number of alkyl halides is 3. The number of hydrogen-bond donors (Lipinski definition) is 1. The second-order valence-electron chi connectivity index (χ2n) is 8.17. The van der Waals surface area contributed by atoms with Gasteiger partial charge in [0.15, 0.2) is 12.4 Å². The molecule has 15 heteroatoms. The molecule has 11 nitrogen and oxygen atoms in total. The first-order chi connectivity index (χ1) is 18.3. The van der Waals surface area contributed by atoms with Gasteiger partial charge in [-0.05, 0) is 24.3 Å². The number of esters is 2. The van der Waals surface area contributed by atoms with Crippen LogP contribution in [0.5, 0.6) is 0 Å². The van der Waals surface area contributed by atoms with Gasteiger partial charge in [0.25, 0.3) is 0 Å². The molecule has 0 aliphatic carbocycles. The van der Waals surface area contributed by atoms with Crippen molar-refractivity contribution in [3.63, 3.8) is 0 Å². The van der Waals surface area contributed by atoms with E-state index in [1.54, 1.807) is 12.1 Å². The number of carbonyl (C=O) groups excluding carboxylic acids is 3. The highest BCUT2D eigenvalue weighted by Gasteiger charge is 2.56. The van der Waals surface area contributed by atoms with E-state index in [1.165, 1.54) is 48.5 Å². The highest BCUT2D eigenvalue weighted by Crippen LogP contribution is 2.33. The summed E-state index contributed by atoms with van der Waals surface area (Å²) >= 11 is 0. The summed E-state index contributed by atoms with van der Waals surface area (Å²) in [7, 11) is -5.17. The summed E-state index contributed by atoms with van der Waals surface area (Å²) in [5.41, 5.74) is -5.82. The van der Waals surface area contributed by atoms with Crippen LogP contribution < -0.4 is 5.32 Å². The molecule has 39 heavy (non-hydrogen) atoms. The molecule has 1 heterocycles. The van der Waals surface area contributed by atoms with Crippen LogP contribution >= 0.6 is 0 Å². The predicted molar refractivity (Wildman–Crippen MR) is 125 cm³/mol. The van der Waals surface area contributed by atoms with Gasteiger partial charge in [-0.15, -0.1) is 0 Å². The minimum absolute atomic E-state index is 0.0379. The second kappa shape index (κ2) is 12.5. The molecule has 1 aliphatic rings. The molecule has 0 radical (unpaired) electrons. The van der Waals surface area contributed by atoms with Crippen molar-refractivity contribution in [2.45, 2.75) is 43.1 Å². The molecular weight excluding hydrogens is 551 g/mol. The van der Waals surface area contributed by atoms with E-state index < -0.39 is 70.7 Å². The summed E-state index contributed by atoms with van der Waals surface area (Å²) in [5.74, 6) is -2.73. The zero-order chi connectivity index (χ0) is 28.8. The summed E-state index contributed by atoms with van der Waals surface area (Å²) in [6, 6.07) is 13.2. The first-order valence-corrected chi connectivity index (χ1v) is 12.7. The number of nitrogens with one attached hydrogen (secondary N) is 1. The van der Waals surface area contributed by atoms with E-state index in [0.717, 1.165) is 14.0 Å². The Balaban J connectivity index is 2.01. The fourth-order valence-corrected chi connectivity index (χ4v) is 4.30. The first kappa shape index (κ1) is 30.0. The van der Waals surface area contributed by atoms with Crippen LogP contribution in [0, 0.1) is 0 Å². The molecule has 5 atom stereocenters. The highest BCUT2D eigenvalue weighted by molar-refractivity contribution is 7.87. The maximum absolute atomic E-state index is 13.3. The number of rotatable bonds is 9. The van der Waals surface area contributed by atoms with Crippen LogP contribution in [-0.2, 0) is 38.0 Å². The molecule has 0 spiro atoms. The molecule has 2 aromatic rings. The number of ether oxygens (including phenoxy) is 4. The average Bonchev–Trinajstić information content (AvgIpc) is 2.89. The Bertz CT molecular complexity index is 1260. The normalized spacial score (nSPS) is 23.5. The summed E-state index contributed by atoms with van der Waals surface area (Å²) in [4.78, 5) is 37.2. The summed E-state index contributed by atoms with van der Waals surface area (Å²) < 4.78 is 89.8. The molecule has 3 rings (SSSR count). The average molecular weight is 576 g/mol. The Labute approximate surface area is 221 Å². The van der Waals surface area contributed by atoms with E-state index in [4.69, 9.17) is 18.9 Å². The predicted octanol–water partition coefficient (Wildman–Crippen LogP) is 2.18. The molecule has 212 valence electrons. The van der Waals surface area contributed by atoms with E-state index in [-0.39, 0.29) is 11.1 Å². The largest absolute Gasteiger partial charge is 0.523 e. The quantitative estimate of drug-likeness (QED) is 0.268. The van der Waals surface area contributed by atoms with Crippen molar-refractivity contribution in [1.29, 1.82) is 0 Å². The minimum Gasteiger partial charge on any atom is -0.459 e. The fraction of sp³-hybridized carbons (Fsp3) is 0.375. The number of carbonyl (C=O) groups is 3. The van der Waals surface area contributed by atoms with Gasteiger partial charge in [0.1, 0.15) is 24.9 Å². The third-order valence-electron chi connectivity index (χ3n) is 5.41. The standard InChI is InChI=1S/C24H24F3NO10S/c1-14(29)28-18-20(37-22(31)16-11-7-4-8-12-16)19(38-39(32,33)24(25,26)27)17(36-23(18)34-2)13-35-21(30)15-9-5-3-6-10-15/h3-12,17-20,23H,13H2,1-2H3,(H,28,29)/t17-,18-,19+,20-,23-/m1/s1. The van der Waals surface area contributed by atoms with E-state index >= 15 is 0 Å². The molecule has 0 aromatic heterocycles. The van der Waals surface area contributed by atoms with Crippen LogP contribution in [0.3, 0.4) is 0 Å². The van der Waals surface area contributed by atoms with Crippen molar-refractivity contribution in [1.82, 2.24) is 5.32 Å². The van der Waals surface area contributed by atoms with Crippen LogP contribution in [0.4, 0.5) is 13.2 Å². The van der Waals surface area contributed by atoms with Gasteiger partial charge >= 0.3 is 27.6 Å². The molecule has 1 saturated heterocycles. The molecule has 0 bridgehead atoms. The lowest BCUT2D eigenvalue weighted by atomic mass is 9.96. The molecular formula is C24H24F3NO10S. The molecule has 0 unspecified atom stereocenters. The SMILES string of the molecule is CO[C@@H]1O[C@H](COC(=O)c2ccccc2)[C@H](OS(=O)(=O)C(F)(F)F)[C@H](OC(=O)c2ccccc2)[C@H]1NC(C)=O. The minimum atomic E-state index is -6.30. The molecule has 1 N–H and O–H groups in total. The maximum Gasteiger partial charge on any atom is 0.523 e. The third kappa shape index (κ3) is 7.53. The van der Waals surface area contributed by atoms with Crippen molar-refractivity contribution in [3.8, 4) is 0 Å². The van der Waals surface area contributed by atoms with Crippen molar-refractivity contribution in [2.75, 3.05) is 13.7 Å². The number of hydrogen-bond acceptors (Lipinski definition) is 10. The third-order valence-corrected chi connectivity index (χ3v) is 6.45. The zero-order valence-electron chi connectivity index (χ0n) is 20.5. The van der Waals surface area contributed by atoms with Gasteiger partial charge in [0, 0.05) is 14.0 Å². The summed E-state index contributed by atoms with van der Waals surface area (Å²) in [6.45, 7) is 0.219. The van der Waals surface area contributed by atoms with Crippen molar-refractivity contribution >= 4 is 28.0 Å². The van der Waals surface area contributed by atoms with E-state index in [9.17, 15) is 36.0 Å². The Kier molecular flexibility index (Phi) is 9.66. The van der Waals surface area contributed by atoms with E-state index in [0.29, 0.717) is 0 Å². The number of benzene rings is 2. The van der Waals surface area contributed by atoms with Gasteiger partial charge in [-0.2, -0.15) is 21.6 Å². The topological polar surface area (TPSA) is 144 Å². The summed E-state index contributed by atoms with van der Waals surface area (Å²) in [5, 5.41) is 2.33. The first-order valence-electron chi connectivity index (χ1n) is 11.3. The van der Waals surface area contributed by atoms with Crippen molar-refractivity contribution in [3.05, 3.63) is 71.8 Å². The number of methoxy groups -OCH3 is 1. The van der Waals surface area contributed by atoms with Crippen LogP contribution in [0.25, 0.3) is 0 Å². The molecule has 0 saturated carbocycles. The Morgan fingerprint density at radius 3 is 1.95 bits per heavy atom. The van der Waals surface area contributed by atoms with Crippen LogP contribution in [0.2, 0.25) is 0 Å². The van der Waals surface area contributed by atoms with Gasteiger partial charge in [-0.3, -0.25) is 8.98 Å². The van der Waals surface area contributed by atoms with Crippen LogP contribution in [0.1, 0.15) is 27.6 Å². The van der Waals surface area contributed by atoms with Crippen LogP contribution in [-0.4, -0.2) is 76.1 Å². The monoisotopic (exact) mass is 575 g/mol. The van der Waals surface area contributed by atoms with Gasteiger partial charge in [0.05, 0.1) is 11.1 Å². The van der Waals surface area contributed by atoms with Crippen molar-refractivity contribution in [2.24, 2.45) is 0 Å². The Hall–Kier alpha value is -3.53. The van der Waals surface area contributed by atoms with Gasteiger partial charge < -0.3 is 24.3 Å². The number of halogens is 3. The molecule has 1 aliphatic heterocycles. The molecule has 1 fully saturated rings. The molecule has 2 aromatic carbocycles. The molecule has 1 amide bonds. The van der Waals surface area contributed by atoms with Crippen LogP contribution in [0.15, 0.2) is 60.7 Å². The van der Waals surface area contributed by atoms with Crippen molar-refractivity contribution < 1.29 is 59.1 Å². The number of amides is 1. The lowest BCUT2D eigenvalue weighted by molar-refractivity contribution is -0.257. The highest BCUT2D eigenvalue weighted by atomic mass is 32.2. The maximum atomic E-state index is 13.3. The fourth-order valence-electron chi connectivity index (χ4n) is 3.67. The van der Waals surface area contributed by atoms with E-state index in [2.05, 4.69) is 9.50 Å². The smallest absolute Gasteiger partial charge is 0.459 e. The van der Waals surface area contributed by atoms with Gasteiger partial charge in [0.2, 0.25) is 5.91 Å². The lowest BCUT2D eigenvalue weighted by Crippen LogP contribution is -2.66. The second-order valence-corrected chi connectivity index (χ2v) is 9.73. The Morgan fingerprint density at radius 1 is 0.923 bits per heavy atom. The van der Waals surface area contributed by atoms with E-state index in [1.807, 2.05) is 0 Å². The summed E-state index contributed by atoms with van der Waals surface area (Å²) in [6.07, 6.45) is -7.41. The van der Waals surface area contributed by atoms with Gasteiger partial charge in [-0.1, -0.05) is 36.4 Å². The van der Waals surface area contributed by atoms with Gasteiger partial charge in [-0.25, -0.2) is 9.59 Å². The lowest BCUT2D eigenvalue weighted by Gasteiger charge is -2.44.